The van der Waals surface area contributed by atoms with Crippen molar-refractivity contribution >= 4 is 19.4 Å². The van der Waals surface area contributed by atoms with Crippen LogP contribution in [0, 0.1) is 0 Å². The minimum atomic E-state index is -0.534. The van der Waals surface area contributed by atoms with Crippen LogP contribution in [0.25, 0.3) is 11.5 Å². The van der Waals surface area contributed by atoms with Crippen LogP contribution in [0.5, 0.6) is 0 Å². The molecule has 0 radical (unpaired) electrons. The van der Waals surface area contributed by atoms with Gasteiger partial charge in [-0.1, -0.05) is 0 Å². The fourth-order valence-electron chi connectivity index (χ4n) is 2.67. The van der Waals surface area contributed by atoms with Crippen molar-refractivity contribution in [2.24, 2.45) is 0 Å². The van der Waals surface area contributed by atoms with E-state index in [1.54, 1.807) is 17.0 Å². The van der Waals surface area contributed by atoms with Crippen molar-refractivity contribution in [2.45, 2.75) is 45.3 Å². The molecule has 8 nitrogen and oxygen atoms in total. The molecule has 1 aromatic carbocycles. The summed E-state index contributed by atoms with van der Waals surface area (Å²) in [5.41, 5.74) is 0.934. The topological polar surface area (TPSA) is 128 Å². The first-order valence-electron chi connectivity index (χ1n) is 8.02. The molecule has 1 atom stereocenters. The van der Waals surface area contributed by atoms with Gasteiger partial charge in [-0.3, -0.25) is 0 Å². The van der Waals surface area contributed by atoms with E-state index < -0.39 is 5.60 Å². The molecule has 2 aromatic rings. The molecule has 0 unspecified atom stereocenters. The fraction of sp³-hybridized carbons (Fsp3) is 0.471. The van der Waals surface area contributed by atoms with Crippen molar-refractivity contribution in [1.82, 2.24) is 15.1 Å². The molecule has 0 bridgehead atoms. The maximum Gasteiger partial charge on any atom is -0.870 e. The van der Waals surface area contributed by atoms with E-state index in [2.05, 4.69) is 10.2 Å². The van der Waals surface area contributed by atoms with Gasteiger partial charge in [-0.2, -0.15) is 0 Å². The second-order valence-corrected chi connectivity index (χ2v) is 6.90. The van der Waals surface area contributed by atoms with Gasteiger partial charge in [-0.05, 0) is 20.8 Å². The van der Waals surface area contributed by atoms with Gasteiger partial charge in [-0.25, -0.2) is 0 Å². The Hall–Kier alpha value is -2.39. The molecule has 0 aliphatic carbocycles. The molecular weight excluding hydrogens is 337 g/mol. The van der Waals surface area contributed by atoms with Gasteiger partial charge in [0.25, 0.3) is 0 Å². The molecule has 1 fully saturated rings. The van der Waals surface area contributed by atoms with E-state index in [1.807, 2.05) is 32.9 Å². The van der Waals surface area contributed by atoms with Crippen LogP contribution in [0.3, 0.4) is 0 Å². The number of rotatable bonds is 2. The number of carbonyl (C=O) groups excluding carboxylic acids is 1. The minimum absolute atomic E-state index is 0. The first kappa shape index (κ1) is 21.7. The molecule has 3 rings (SSSR count). The molecule has 1 saturated heterocycles. The maximum atomic E-state index is 12.4. The van der Waals surface area contributed by atoms with Crippen molar-refractivity contribution < 1.29 is 24.9 Å². The van der Waals surface area contributed by atoms with Gasteiger partial charge in [0.1, 0.15) is 0 Å². The number of hydrogen-bond acceptors (Lipinski definition) is 7. The average molecular weight is 359 g/mol. The van der Waals surface area contributed by atoms with Crippen LogP contribution in [-0.4, -0.2) is 52.1 Å². The standard InChI is InChI=1S/C17H20BN3O3.2H2O/c1-17(2,3)24-16(22)21-10-4-5-13(21)15-20-19-14(23-15)11-6-8-12(18)9-7-11;;/h6-9,13H,4-5,10H2,1-3H3;2*1H2/q+2;;/p-2/t13-;;/m0../s1. The predicted octanol–water partition coefficient (Wildman–Crippen LogP) is 2.25. The summed E-state index contributed by atoms with van der Waals surface area (Å²) in [6, 6.07) is 6.97. The van der Waals surface area contributed by atoms with E-state index in [0.29, 0.717) is 23.8 Å². The number of aromatic nitrogens is 2. The average Bonchev–Trinajstić information content (AvgIpc) is 3.15. The monoisotopic (exact) mass is 359 g/mol. The number of likely N-dealkylation sites (tertiary alicyclic amines) is 1. The molecule has 1 aliphatic rings. The Kier molecular flexibility index (Phi) is 6.94. The summed E-state index contributed by atoms with van der Waals surface area (Å²) in [5.74, 6) is 0.853. The van der Waals surface area contributed by atoms with E-state index >= 15 is 0 Å². The quantitative estimate of drug-likeness (QED) is 0.752. The molecule has 1 aliphatic heterocycles. The Morgan fingerprint density at radius 1 is 1.23 bits per heavy atom. The number of benzene rings is 1. The molecule has 1 amide bonds. The van der Waals surface area contributed by atoms with Crippen LogP contribution in [0.2, 0.25) is 0 Å². The van der Waals surface area contributed by atoms with Crippen LogP contribution in [-0.2, 0) is 4.74 Å². The fourth-order valence-corrected chi connectivity index (χ4v) is 2.67. The first-order valence-corrected chi connectivity index (χ1v) is 8.02. The normalized spacial score (nSPS) is 16.7. The number of nitrogens with zero attached hydrogens (tertiary/aromatic N) is 3. The SMILES string of the molecule is [B+2]c1ccc(-c2nnc([C@@H]3CCCN3C(=O)OC(C)(C)C)o2)cc1.[OH-].[OH-]. The van der Waals surface area contributed by atoms with Crippen molar-refractivity contribution in [3.05, 3.63) is 30.2 Å². The van der Waals surface area contributed by atoms with Crippen molar-refractivity contribution in [1.29, 1.82) is 0 Å². The third kappa shape index (κ3) is 4.83. The van der Waals surface area contributed by atoms with E-state index in [9.17, 15) is 4.79 Å². The summed E-state index contributed by atoms with van der Waals surface area (Å²) in [6.07, 6.45) is 1.31. The molecule has 2 heterocycles. The molecule has 2 N–H and O–H groups in total. The van der Waals surface area contributed by atoms with Crippen LogP contribution >= 0.6 is 0 Å². The minimum Gasteiger partial charge on any atom is -0.870 e. The van der Waals surface area contributed by atoms with Crippen LogP contribution in [0.4, 0.5) is 4.79 Å². The Balaban J connectivity index is 0.00000169. The Morgan fingerprint density at radius 2 is 1.88 bits per heavy atom. The number of ether oxygens (including phenoxy) is 1. The van der Waals surface area contributed by atoms with Gasteiger partial charge in [0, 0.05) is 0 Å². The summed E-state index contributed by atoms with van der Waals surface area (Å²) < 4.78 is 11.3. The zero-order chi connectivity index (χ0) is 17.3. The summed E-state index contributed by atoms with van der Waals surface area (Å²) in [5, 5.41) is 8.22. The molecule has 1 aromatic heterocycles. The number of carbonyl (C=O) groups is 1. The Morgan fingerprint density at radius 3 is 2.50 bits per heavy atom. The molecule has 26 heavy (non-hydrogen) atoms. The van der Waals surface area contributed by atoms with Gasteiger partial charge in [0.2, 0.25) is 0 Å². The van der Waals surface area contributed by atoms with Crippen molar-refractivity contribution in [2.75, 3.05) is 6.54 Å². The molecule has 138 valence electrons. The molecule has 0 spiro atoms. The summed E-state index contributed by atoms with van der Waals surface area (Å²) >= 11 is 0. The van der Waals surface area contributed by atoms with Crippen LogP contribution in [0.15, 0.2) is 28.7 Å². The van der Waals surface area contributed by atoms with Gasteiger partial charge < -0.3 is 11.0 Å². The smallest absolute Gasteiger partial charge is 0.870 e. The van der Waals surface area contributed by atoms with Crippen LogP contribution < -0.4 is 5.46 Å². The summed E-state index contributed by atoms with van der Waals surface area (Å²) in [7, 11) is 5.69. The summed E-state index contributed by atoms with van der Waals surface area (Å²) in [6.45, 7) is 6.17. The Labute approximate surface area is 153 Å². The summed E-state index contributed by atoms with van der Waals surface area (Å²) in [4.78, 5) is 14.0. The largest absolute Gasteiger partial charge is 0.870 e. The van der Waals surface area contributed by atoms with Gasteiger partial charge in [-0.15, -0.1) is 0 Å². The second kappa shape index (κ2) is 8.33. The zero-order valence-corrected chi connectivity index (χ0v) is 15.0. The zero-order valence-electron chi connectivity index (χ0n) is 15.0. The first-order chi connectivity index (χ1) is 11.3. The van der Waals surface area contributed by atoms with Gasteiger partial charge >= 0.3 is 121 Å². The predicted molar refractivity (Wildman–Crippen MR) is 93.9 cm³/mol. The van der Waals surface area contributed by atoms with Crippen molar-refractivity contribution in [3.8, 4) is 11.5 Å². The van der Waals surface area contributed by atoms with Crippen LogP contribution in [0.1, 0.15) is 45.5 Å². The molecule has 9 heteroatoms. The van der Waals surface area contributed by atoms with Gasteiger partial charge in [0.15, 0.2) is 0 Å². The van der Waals surface area contributed by atoms with E-state index in [-0.39, 0.29) is 23.1 Å². The third-order valence-corrected chi connectivity index (χ3v) is 3.76. The number of amides is 1. The van der Waals surface area contributed by atoms with Crippen molar-refractivity contribution in [3.63, 3.8) is 0 Å². The van der Waals surface area contributed by atoms with E-state index in [0.717, 1.165) is 18.4 Å². The Bertz CT molecular complexity index is 727. The maximum absolute atomic E-state index is 12.4. The second-order valence-electron chi connectivity index (χ2n) is 6.90. The van der Waals surface area contributed by atoms with Gasteiger partial charge in [0.05, 0.1) is 0 Å². The van der Waals surface area contributed by atoms with E-state index in [1.165, 1.54) is 0 Å². The third-order valence-electron chi connectivity index (χ3n) is 3.76. The number of hydrogen-bond donors (Lipinski definition) is 0. The molecule has 0 saturated carbocycles. The molecular formula is C17H22BN3O5. The van der Waals surface area contributed by atoms with E-state index in [4.69, 9.17) is 17.0 Å².